The summed E-state index contributed by atoms with van der Waals surface area (Å²) < 4.78 is 10.6. The van der Waals surface area contributed by atoms with Crippen molar-refractivity contribution < 1.29 is 14.3 Å². The van der Waals surface area contributed by atoms with Crippen LogP contribution in [0.5, 0.6) is 0 Å². The molecule has 126 valence electrons. The number of anilines is 1. The average Bonchev–Trinajstić information content (AvgIpc) is 2.67. The molecule has 5 nitrogen and oxygen atoms in total. The predicted molar refractivity (Wildman–Crippen MR) is 92.9 cm³/mol. The number of nitrogens with zero attached hydrogens (tertiary/aromatic N) is 1. The Bertz CT molecular complexity index is 637. The van der Waals surface area contributed by atoms with Gasteiger partial charge in [-0.05, 0) is 23.3 Å². The van der Waals surface area contributed by atoms with Crippen molar-refractivity contribution in [3.63, 3.8) is 0 Å². The second-order valence-corrected chi connectivity index (χ2v) is 5.68. The fraction of sp³-hybridized carbons (Fsp3) is 0.316. The van der Waals surface area contributed by atoms with E-state index in [0.717, 1.165) is 37.4 Å². The standard InChI is InChI=1S/C19H22N2O3/c22-19(24-15-17-4-2-1-3-5-17)20-14-16-6-8-18(9-7-16)21-10-12-23-13-11-21/h1-9H,10-15H2,(H,20,22). The predicted octanol–water partition coefficient (Wildman–Crippen LogP) is 2.95. The topological polar surface area (TPSA) is 50.8 Å². The molecular formula is C19H22N2O3. The smallest absolute Gasteiger partial charge is 0.407 e. The van der Waals surface area contributed by atoms with Crippen LogP contribution in [0.2, 0.25) is 0 Å². The van der Waals surface area contributed by atoms with Gasteiger partial charge in [-0.15, -0.1) is 0 Å². The van der Waals surface area contributed by atoms with Gasteiger partial charge >= 0.3 is 6.09 Å². The van der Waals surface area contributed by atoms with Gasteiger partial charge in [0.25, 0.3) is 0 Å². The van der Waals surface area contributed by atoms with E-state index in [2.05, 4.69) is 22.3 Å². The number of rotatable bonds is 5. The zero-order valence-corrected chi connectivity index (χ0v) is 13.6. The summed E-state index contributed by atoms with van der Waals surface area (Å²) in [5, 5.41) is 2.77. The Kier molecular flexibility index (Phi) is 5.69. The van der Waals surface area contributed by atoms with Crippen LogP contribution in [0.25, 0.3) is 0 Å². The van der Waals surface area contributed by atoms with Crippen LogP contribution in [0.1, 0.15) is 11.1 Å². The Morgan fingerprint density at radius 1 is 1.00 bits per heavy atom. The zero-order chi connectivity index (χ0) is 16.6. The maximum Gasteiger partial charge on any atom is 0.407 e. The fourth-order valence-electron chi connectivity index (χ4n) is 2.59. The normalized spacial score (nSPS) is 14.2. The number of nitrogens with one attached hydrogen (secondary N) is 1. The molecule has 0 spiro atoms. The highest BCUT2D eigenvalue weighted by atomic mass is 16.5. The molecule has 0 atom stereocenters. The second-order valence-electron chi connectivity index (χ2n) is 5.68. The number of amides is 1. The quantitative estimate of drug-likeness (QED) is 0.918. The highest BCUT2D eigenvalue weighted by molar-refractivity contribution is 5.67. The Labute approximate surface area is 142 Å². The molecule has 5 heteroatoms. The zero-order valence-electron chi connectivity index (χ0n) is 13.6. The molecule has 0 aromatic heterocycles. The third-order valence-corrected chi connectivity index (χ3v) is 3.96. The Morgan fingerprint density at radius 3 is 2.42 bits per heavy atom. The highest BCUT2D eigenvalue weighted by Crippen LogP contribution is 2.16. The number of hydrogen-bond donors (Lipinski definition) is 1. The minimum absolute atomic E-state index is 0.280. The first-order valence-corrected chi connectivity index (χ1v) is 8.17. The SMILES string of the molecule is O=C(NCc1ccc(N2CCOCC2)cc1)OCc1ccccc1. The third kappa shape index (κ3) is 4.73. The molecule has 1 saturated heterocycles. The maximum atomic E-state index is 11.7. The van der Waals surface area contributed by atoms with Crippen molar-refractivity contribution in [2.45, 2.75) is 13.2 Å². The van der Waals surface area contributed by atoms with Gasteiger partial charge in [-0.25, -0.2) is 4.79 Å². The van der Waals surface area contributed by atoms with Crippen LogP contribution in [0, 0.1) is 0 Å². The largest absolute Gasteiger partial charge is 0.445 e. The fourth-order valence-corrected chi connectivity index (χ4v) is 2.59. The molecule has 0 saturated carbocycles. The molecule has 24 heavy (non-hydrogen) atoms. The van der Waals surface area contributed by atoms with E-state index < -0.39 is 6.09 Å². The van der Waals surface area contributed by atoms with Gasteiger partial charge in [0.15, 0.2) is 0 Å². The number of benzene rings is 2. The summed E-state index contributed by atoms with van der Waals surface area (Å²) in [4.78, 5) is 14.0. The molecule has 2 aromatic rings. The van der Waals surface area contributed by atoms with E-state index >= 15 is 0 Å². The number of carbonyl (C=O) groups is 1. The van der Waals surface area contributed by atoms with Gasteiger partial charge in [0, 0.05) is 25.3 Å². The van der Waals surface area contributed by atoms with E-state index in [-0.39, 0.29) is 6.61 Å². The van der Waals surface area contributed by atoms with Gasteiger partial charge in [-0.2, -0.15) is 0 Å². The number of morpholine rings is 1. The average molecular weight is 326 g/mol. The Balaban J connectivity index is 1.43. The summed E-state index contributed by atoms with van der Waals surface area (Å²) in [6.45, 7) is 4.12. The van der Waals surface area contributed by atoms with E-state index in [4.69, 9.17) is 9.47 Å². The molecule has 0 radical (unpaired) electrons. The van der Waals surface area contributed by atoms with Crippen LogP contribution in [0.15, 0.2) is 54.6 Å². The molecule has 0 aliphatic carbocycles. The lowest BCUT2D eigenvalue weighted by molar-refractivity contribution is 0.122. The first kappa shape index (κ1) is 16.3. The van der Waals surface area contributed by atoms with Crippen molar-refractivity contribution in [2.75, 3.05) is 31.2 Å². The molecule has 1 amide bonds. The molecule has 1 aliphatic heterocycles. The summed E-state index contributed by atoms with van der Waals surface area (Å²) in [6.07, 6.45) is -0.406. The molecule has 0 bridgehead atoms. The number of alkyl carbamates (subject to hydrolysis) is 1. The highest BCUT2D eigenvalue weighted by Gasteiger charge is 2.10. The lowest BCUT2D eigenvalue weighted by Crippen LogP contribution is -2.36. The van der Waals surface area contributed by atoms with Crippen molar-refractivity contribution in [3.05, 3.63) is 65.7 Å². The van der Waals surface area contributed by atoms with Gasteiger partial charge in [-0.1, -0.05) is 42.5 Å². The number of hydrogen-bond acceptors (Lipinski definition) is 4. The monoisotopic (exact) mass is 326 g/mol. The lowest BCUT2D eigenvalue weighted by atomic mass is 10.2. The minimum atomic E-state index is -0.406. The first-order valence-electron chi connectivity index (χ1n) is 8.17. The summed E-state index contributed by atoms with van der Waals surface area (Å²) in [7, 11) is 0. The van der Waals surface area contributed by atoms with Gasteiger partial charge in [0.1, 0.15) is 6.61 Å². The number of ether oxygens (including phenoxy) is 2. The van der Waals surface area contributed by atoms with Crippen LogP contribution < -0.4 is 10.2 Å². The van der Waals surface area contributed by atoms with Crippen LogP contribution >= 0.6 is 0 Å². The van der Waals surface area contributed by atoms with E-state index in [1.165, 1.54) is 5.69 Å². The van der Waals surface area contributed by atoms with Crippen molar-refractivity contribution in [2.24, 2.45) is 0 Å². The lowest BCUT2D eigenvalue weighted by Gasteiger charge is -2.28. The van der Waals surface area contributed by atoms with Gasteiger partial charge < -0.3 is 19.7 Å². The molecule has 1 aliphatic rings. The van der Waals surface area contributed by atoms with E-state index in [1.807, 2.05) is 42.5 Å². The third-order valence-electron chi connectivity index (χ3n) is 3.96. The first-order chi connectivity index (χ1) is 11.8. The Hall–Kier alpha value is -2.53. The minimum Gasteiger partial charge on any atom is -0.445 e. The molecule has 3 rings (SSSR count). The van der Waals surface area contributed by atoms with Crippen molar-refractivity contribution >= 4 is 11.8 Å². The maximum absolute atomic E-state index is 11.7. The van der Waals surface area contributed by atoms with E-state index in [9.17, 15) is 4.79 Å². The molecular weight excluding hydrogens is 304 g/mol. The van der Waals surface area contributed by atoms with Crippen LogP contribution in [-0.4, -0.2) is 32.4 Å². The van der Waals surface area contributed by atoms with Crippen LogP contribution in [-0.2, 0) is 22.6 Å². The summed E-state index contributed by atoms with van der Waals surface area (Å²) in [5.41, 5.74) is 3.21. The molecule has 0 unspecified atom stereocenters. The van der Waals surface area contributed by atoms with Gasteiger partial charge in [0.2, 0.25) is 0 Å². The van der Waals surface area contributed by atoms with Gasteiger partial charge in [-0.3, -0.25) is 0 Å². The van der Waals surface area contributed by atoms with Crippen molar-refractivity contribution in [1.82, 2.24) is 5.32 Å². The van der Waals surface area contributed by atoms with Crippen molar-refractivity contribution in [3.8, 4) is 0 Å². The molecule has 1 N–H and O–H groups in total. The summed E-state index contributed by atoms with van der Waals surface area (Å²) in [6, 6.07) is 17.9. The van der Waals surface area contributed by atoms with Crippen LogP contribution in [0.4, 0.5) is 10.5 Å². The number of carbonyl (C=O) groups excluding carboxylic acids is 1. The van der Waals surface area contributed by atoms with E-state index in [0.29, 0.717) is 6.54 Å². The van der Waals surface area contributed by atoms with Gasteiger partial charge in [0.05, 0.1) is 13.2 Å². The Morgan fingerprint density at radius 2 is 1.71 bits per heavy atom. The molecule has 1 fully saturated rings. The summed E-state index contributed by atoms with van der Waals surface area (Å²) in [5.74, 6) is 0. The summed E-state index contributed by atoms with van der Waals surface area (Å²) >= 11 is 0. The van der Waals surface area contributed by atoms with Crippen LogP contribution in [0.3, 0.4) is 0 Å². The molecule has 2 aromatic carbocycles. The van der Waals surface area contributed by atoms with Crippen molar-refractivity contribution in [1.29, 1.82) is 0 Å². The molecule has 1 heterocycles. The van der Waals surface area contributed by atoms with E-state index in [1.54, 1.807) is 0 Å². The second kappa shape index (κ2) is 8.36.